The highest BCUT2D eigenvalue weighted by Crippen LogP contribution is 2.31. The Morgan fingerprint density at radius 2 is 0.893 bits per heavy atom. The fourth-order valence-corrected chi connectivity index (χ4v) is 2.40. The first-order valence-corrected chi connectivity index (χ1v) is 10.5. The lowest BCUT2D eigenvalue weighted by Gasteiger charge is -2.31. The van der Waals surface area contributed by atoms with E-state index >= 15 is 0 Å². The summed E-state index contributed by atoms with van der Waals surface area (Å²) >= 11 is 0. The van der Waals surface area contributed by atoms with Gasteiger partial charge < -0.3 is 14.2 Å². The second-order valence-corrected chi connectivity index (χ2v) is 8.38. The summed E-state index contributed by atoms with van der Waals surface area (Å²) in [7, 11) is 0. The van der Waals surface area contributed by atoms with Gasteiger partial charge in [-0.15, -0.1) is 0 Å². The largest absolute Gasteiger partial charge is 0.465 e. The highest BCUT2D eigenvalue weighted by Gasteiger charge is 2.42. The minimum atomic E-state index is -1.24. The summed E-state index contributed by atoms with van der Waals surface area (Å²) in [5, 5.41) is 0. The topological polar surface area (TPSA) is 78.9 Å². The average Bonchev–Trinajstić information content (AvgIpc) is 2.72. The average molecular weight is 401 g/mol. The molecule has 0 bridgehead atoms. The minimum absolute atomic E-state index is 0.188. The van der Waals surface area contributed by atoms with Crippen LogP contribution in [0.3, 0.4) is 0 Å². The van der Waals surface area contributed by atoms with Gasteiger partial charge in [0.2, 0.25) is 0 Å². The molecular formula is C22H40O6. The van der Waals surface area contributed by atoms with Crippen molar-refractivity contribution in [3.63, 3.8) is 0 Å². The summed E-state index contributed by atoms with van der Waals surface area (Å²) < 4.78 is 16.3. The monoisotopic (exact) mass is 400 g/mol. The van der Waals surface area contributed by atoms with E-state index in [-0.39, 0.29) is 31.8 Å². The molecule has 0 aliphatic heterocycles. The minimum Gasteiger partial charge on any atom is -0.465 e. The summed E-state index contributed by atoms with van der Waals surface area (Å²) in [6.45, 7) is 14.8. The molecule has 0 heterocycles. The SMILES string of the molecule is CCCOC(=O)C(C)(COC(=O)C(C)(CC)CC)COC(=O)C(C)(CC)CC. The third kappa shape index (κ3) is 6.78. The number of carbonyl (C=O) groups is 3. The van der Waals surface area contributed by atoms with Crippen molar-refractivity contribution in [2.75, 3.05) is 19.8 Å². The number of ether oxygens (including phenoxy) is 3. The van der Waals surface area contributed by atoms with Crippen LogP contribution in [0.5, 0.6) is 0 Å². The van der Waals surface area contributed by atoms with Gasteiger partial charge in [-0.25, -0.2) is 0 Å². The first-order chi connectivity index (χ1) is 13.0. The van der Waals surface area contributed by atoms with Crippen LogP contribution in [0, 0.1) is 16.2 Å². The zero-order chi connectivity index (χ0) is 22.0. The molecule has 0 atom stereocenters. The number of rotatable bonds is 13. The van der Waals surface area contributed by atoms with Gasteiger partial charge in [-0.3, -0.25) is 14.4 Å². The molecule has 0 aliphatic rings. The third-order valence-electron chi connectivity index (χ3n) is 6.08. The molecule has 0 aromatic heterocycles. The Hall–Kier alpha value is -1.59. The summed E-state index contributed by atoms with van der Waals surface area (Å²) in [5.74, 6) is -1.24. The van der Waals surface area contributed by atoms with Crippen LogP contribution < -0.4 is 0 Å². The van der Waals surface area contributed by atoms with Crippen LogP contribution in [0.25, 0.3) is 0 Å². The van der Waals surface area contributed by atoms with E-state index in [4.69, 9.17) is 14.2 Å². The number of hydrogen-bond acceptors (Lipinski definition) is 6. The molecule has 0 fully saturated rings. The van der Waals surface area contributed by atoms with Crippen molar-refractivity contribution in [2.45, 2.75) is 87.5 Å². The van der Waals surface area contributed by atoms with E-state index in [0.29, 0.717) is 32.1 Å². The molecule has 0 aromatic carbocycles. The smallest absolute Gasteiger partial charge is 0.318 e. The van der Waals surface area contributed by atoms with Crippen LogP contribution in [-0.2, 0) is 28.6 Å². The molecule has 0 saturated carbocycles. The van der Waals surface area contributed by atoms with Crippen LogP contribution in [0.2, 0.25) is 0 Å². The van der Waals surface area contributed by atoms with Crippen LogP contribution in [-0.4, -0.2) is 37.7 Å². The van der Waals surface area contributed by atoms with Gasteiger partial charge in [-0.2, -0.15) is 0 Å². The molecule has 0 unspecified atom stereocenters. The lowest BCUT2D eigenvalue weighted by molar-refractivity contribution is -0.176. The van der Waals surface area contributed by atoms with Crippen molar-refractivity contribution in [1.82, 2.24) is 0 Å². The molecule has 6 nitrogen and oxygen atoms in total. The Morgan fingerprint density at radius 1 is 0.571 bits per heavy atom. The quantitative estimate of drug-likeness (QED) is 0.330. The first-order valence-electron chi connectivity index (χ1n) is 10.5. The summed E-state index contributed by atoms with van der Waals surface area (Å²) in [6, 6.07) is 0. The molecule has 6 heteroatoms. The molecule has 0 N–H and O–H groups in total. The van der Waals surface area contributed by atoms with E-state index in [1.807, 2.05) is 48.5 Å². The van der Waals surface area contributed by atoms with E-state index in [1.54, 1.807) is 6.92 Å². The maximum absolute atomic E-state index is 12.6. The highest BCUT2D eigenvalue weighted by molar-refractivity contribution is 5.80. The van der Waals surface area contributed by atoms with Crippen molar-refractivity contribution >= 4 is 17.9 Å². The van der Waals surface area contributed by atoms with Gasteiger partial charge >= 0.3 is 17.9 Å². The van der Waals surface area contributed by atoms with Crippen molar-refractivity contribution in [3.05, 3.63) is 0 Å². The van der Waals surface area contributed by atoms with E-state index in [9.17, 15) is 14.4 Å². The molecule has 0 saturated heterocycles. The highest BCUT2D eigenvalue weighted by atomic mass is 16.6. The zero-order valence-corrected chi connectivity index (χ0v) is 19.1. The number of esters is 3. The molecule has 0 amide bonds. The van der Waals surface area contributed by atoms with Crippen molar-refractivity contribution in [3.8, 4) is 0 Å². The van der Waals surface area contributed by atoms with Crippen molar-refractivity contribution in [1.29, 1.82) is 0 Å². The van der Waals surface area contributed by atoms with Gasteiger partial charge in [0.1, 0.15) is 18.6 Å². The molecule has 28 heavy (non-hydrogen) atoms. The Morgan fingerprint density at radius 3 is 1.18 bits per heavy atom. The lowest BCUT2D eigenvalue weighted by atomic mass is 9.84. The second kappa shape index (κ2) is 11.4. The summed E-state index contributed by atoms with van der Waals surface area (Å²) in [4.78, 5) is 37.7. The fraction of sp³-hybridized carbons (Fsp3) is 0.864. The van der Waals surface area contributed by atoms with Gasteiger partial charge in [0.15, 0.2) is 0 Å². The lowest BCUT2D eigenvalue weighted by Crippen LogP contribution is -2.43. The predicted octanol–water partition coefficient (Wildman–Crippen LogP) is 4.68. The third-order valence-corrected chi connectivity index (χ3v) is 6.08. The number of carbonyl (C=O) groups excluding carboxylic acids is 3. The molecule has 0 spiro atoms. The first kappa shape index (κ1) is 26.4. The van der Waals surface area contributed by atoms with Gasteiger partial charge in [-0.1, -0.05) is 34.6 Å². The maximum atomic E-state index is 12.6. The standard InChI is InChI=1S/C22H40O6/c1-9-14-26-19(25)22(8,15-27-17(23)20(6,10-2)11-3)16-28-18(24)21(7,12-4)13-5/h9-16H2,1-8H3. The van der Waals surface area contributed by atoms with E-state index < -0.39 is 22.2 Å². The van der Waals surface area contributed by atoms with Gasteiger partial charge in [-0.05, 0) is 52.9 Å². The van der Waals surface area contributed by atoms with Gasteiger partial charge in [0.05, 0.1) is 17.4 Å². The van der Waals surface area contributed by atoms with Crippen molar-refractivity contribution < 1.29 is 28.6 Å². The molecule has 0 radical (unpaired) electrons. The van der Waals surface area contributed by atoms with Crippen molar-refractivity contribution in [2.24, 2.45) is 16.2 Å². The van der Waals surface area contributed by atoms with Gasteiger partial charge in [0, 0.05) is 0 Å². The predicted molar refractivity (Wildman–Crippen MR) is 109 cm³/mol. The van der Waals surface area contributed by atoms with Crippen LogP contribution in [0.1, 0.15) is 87.5 Å². The Labute approximate surface area is 170 Å². The van der Waals surface area contributed by atoms with Crippen LogP contribution in [0.15, 0.2) is 0 Å². The van der Waals surface area contributed by atoms with E-state index in [1.165, 1.54) is 0 Å². The van der Waals surface area contributed by atoms with E-state index in [0.717, 1.165) is 0 Å². The fourth-order valence-electron chi connectivity index (χ4n) is 2.40. The Balaban J connectivity index is 5.31. The molecular weight excluding hydrogens is 360 g/mol. The van der Waals surface area contributed by atoms with Crippen LogP contribution in [0.4, 0.5) is 0 Å². The molecule has 0 aliphatic carbocycles. The normalized spacial score (nSPS) is 12.4. The summed E-state index contributed by atoms with van der Waals surface area (Å²) in [6.07, 6.45) is 3.23. The number of hydrogen-bond donors (Lipinski definition) is 0. The molecule has 0 rings (SSSR count). The van der Waals surface area contributed by atoms with E-state index in [2.05, 4.69) is 0 Å². The molecule has 164 valence electrons. The zero-order valence-electron chi connectivity index (χ0n) is 19.1. The van der Waals surface area contributed by atoms with Crippen LogP contribution >= 0.6 is 0 Å². The second-order valence-electron chi connectivity index (χ2n) is 8.38. The molecule has 0 aromatic rings. The summed E-state index contributed by atoms with van der Waals surface area (Å²) in [5.41, 5.74) is -2.45. The maximum Gasteiger partial charge on any atom is 0.318 e. The Kier molecular flexibility index (Phi) is 10.8. The van der Waals surface area contributed by atoms with Gasteiger partial charge in [0.25, 0.3) is 0 Å². The Bertz CT molecular complexity index is 483.